The van der Waals surface area contributed by atoms with Crippen molar-refractivity contribution >= 4 is 17.2 Å². The van der Waals surface area contributed by atoms with Crippen LogP contribution in [0.3, 0.4) is 0 Å². The summed E-state index contributed by atoms with van der Waals surface area (Å²) in [6.07, 6.45) is 0. The van der Waals surface area contributed by atoms with E-state index in [9.17, 15) is 4.79 Å². The van der Waals surface area contributed by atoms with Crippen molar-refractivity contribution in [1.29, 1.82) is 0 Å². The molecule has 3 aromatic rings. The van der Waals surface area contributed by atoms with Crippen LogP contribution in [0.4, 0.5) is 0 Å². The van der Waals surface area contributed by atoms with E-state index in [0.717, 1.165) is 10.6 Å². The summed E-state index contributed by atoms with van der Waals surface area (Å²) in [6, 6.07) is 13.4. The maximum absolute atomic E-state index is 12.4. The lowest BCUT2D eigenvalue weighted by Gasteiger charge is -2.10. The van der Waals surface area contributed by atoms with Gasteiger partial charge >= 0.3 is 0 Å². The van der Waals surface area contributed by atoms with Gasteiger partial charge in [-0.15, -0.1) is 16.4 Å². The number of nitrogens with zero attached hydrogens (tertiary/aromatic N) is 3. The van der Waals surface area contributed by atoms with Crippen LogP contribution in [0.25, 0.3) is 16.4 Å². The van der Waals surface area contributed by atoms with Gasteiger partial charge < -0.3 is 10.1 Å². The molecule has 1 N–H and O–H groups in total. The summed E-state index contributed by atoms with van der Waals surface area (Å²) in [6.45, 7) is 2.30. The Labute approximate surface area is 144 Å². The normalized spacial score (nSPS) is 12.1. The first-order valence-corrected chi connectivity index (χ1v) is 8.43. The fourth-order valence-corrected chi connectivity index (χ4v) is 3.00. The van der Waals surface area contributed by atoms with E-state index in [1.807, 2.05) is 54.8 Å². The highest BCUT2D eigenvalue weighted by Crippen LogP contribution is 2.25. The number of benzene rings is 1. The average molecular weight is 342 g/mol. The molecule has 2 heterocycles. The molecule has 0 aliphatic heterocycles. The number of para-hydroxylation sites is 1. The molecular formula is C17H18N4O2S. The van der Waals surface area contributed by atoms with Gasteiger partial charge in [0.2, 0.25) is 5.82 Å². The zero-order chi connectivity index (χ0) is 16.9. The van der Waals surface area contributed by atoms with Crippen molar-refractivity contribution in [1.82, 2.24) is 20.1 Å². The number of carbonyl (C=O) groups is 1. The molecule has 124 valence electrons. The molecule has 7 heteroatoms. The number of hydrogen-bond donors (Lipinski definition) is 1. The lowest BCUT2D eigenvalue weighted by Crippen LogP contribution is -2.36. The quantitative estimate of drug-likeness (QED) is 0.748. The van der Waals surface area contributed by atoms with Crippen LogP contribution in [0.15, 0.2) is 47.8 Å². The second kappa shape index (κ2) is 7.37. The van der Waals surface area contributed by atoms with Crippen molar-refractivity contribution < 1.29 is 9.53 Å². The third-order valence-corrected chi connectivity index (χ3v) is 4.21. The highest BCUT2D eigenvalue weighted by atomic mass is 32.1. The Morgan fingerprint density at radius 1 is 1.29 bits per heavy atom. The molecule has 1 unspecified atom stereocenters. The Morgan fingerprint density at radius 3 is 2.75 bits per heavy atom. The molecule has 0 aliphatic carbocycles. The second-order valence-corrected chi connectivity index (χ2v) is 6.26. The molecule has 2 aromatic heterocycles. The molecule has 0 aliphatic rings. The SMILES string of the molecule is COCC(C)NC(=O)c1nc(-c2cccs2)n(-c2ccccc2)n1. The van der Waals surface area contributed by atoms with E-state index < -0.39 is 0 Å². The lowest BCUT2D eigenvalue weighted by atomic mass is 10.3. The molecule has 0 bridgehead atoms. The molecule has 1 atom stereocenters. The Kier molecular flexibility index (Phi) is 5.02. The van der Waals surface area contributed by atoms with E-state index in [2.05, 4.69) is 15.4 Å². The zero-order valence-corrected chi connectivity index (χ0v) is 14.3. The molecule has 6 nitrogen and oxygen atoms in total. The maximum Gasteiger partial charge on any atom is 0.291 e. The Balaban J connectivity index is 1.96. The maximum atomic E-state index is 12.4. The molecule has 1 aromatic carbocycles. The van der Waals surface area contributed by atoms with Crippen LogP contribution in [0, 0.1) is 0 Å². The smallest absolute Gasteiger partial charge is 0.291 e. The molecule has 0 radical (unpaired) electrons. The van der Waals surface area contributed by atoms with Crippen LogP contribution < -0.4 is 5.32 Å². The summed E-state index contributed by atoms with van der Waals surface area (Å²) in [7, 11) is 1.60. The van der Waals surface area contributed by atoms with Gasteiger partial charge in [0, 0.05) is 13.2 Å². The topological polar surface area (TPSA) is 69.0 Å². The van der Waals surface area contributed by atoms with Gasteiger partial charge in [-0.05, 0) is 30.5 Å². The van der Waals surface area contributed by atoms with Gasteiger partial charge in [0.1, 0.15) is 0 Å². The molecule has 0 saturated carbocycles. The average Bonchev–Trinajstić information content (AvgIpc) is 3.25. The van der Waals surface area contributed by atoms with Crippen LogP contribution >= 0.6 is 11.3 Å². The molecule has 1 amide bonds. The molecule has 3 rings (SSSR count). The number of thiophene rings is 1. The van der Waals surface area contributed by atoms with Gasteiger partial charge in [0.05, 0.1) is 17.2 Å². The number of carbonyl (C=O) groups excluding carboxylic acids is 1. The summed E-state index contributed by atoms with van der Waals surface area (Å²) < 4.78 is 6.73. The highest BCUT2D eigenvalue weighted by Gasteiger charge is 2.20. The van der Waals surface area contributed by atoms with Crippen molar-refractivity contribution in [3.05, 3.63) is 53.7 Å². The van der Waals surface area contributed by atoms with Crippen LogP contribution in [-0.2, 0) is 4.74 Å². The minimum atomic E-state index is -0.313. The van der Waals surface area contributed by atoms with Crippen molar-refractivity contribution in [2.45, 2.75) is 13.0 Å². The van der Waals surface area contributed by atoms with Crippen molar-refractivity contribution in [3.63, 3.8) is 0 Å². The standard InChI is InChI=1S/C17H18N4O2S/c1-12(11-23-2)18-17(22)15-19-16(14-9-6-10-24-14)21(20-15)13-7-4-3-5-8-13/h3-10,12H,11H2,1-2H3,(H,18,22). The minimum absolute atomic E-state index is 0.114. The molecule has 0 fully saturated rings. The minimum Gasteiger partial charge on any atom is -0.383 e. The summed E-state index contributed by atoms with van der Waals surface area (Å²) >= 11 is 1.56. The monoisotopic (exact) mass is 342 g/mol. The number of hydrogen-bond acceptors (Lipinski definition) is 5. The van der Waals surface area contributed by atoms with Crippen LogP contribution in [0.5, 0.6) is 0 Å². The number of ether oxygens (including phenoxy) is 1. The second-order valence-electron chi connectivity index (χ2n) is 5.31. The molecular weight excluding hydrogens is 324 g/mol. The van der Waals surface area contributed by atoms with E-state index >= 15 is 0 Å². The van der Waals surface area contributed by atoms with Gasteiger partial charge in [-0.2, -0.15) is 0 Å². The molecule has 0 spiro atoms. The number of rotatable bonds is 6. The zero-order valence-electron chi connectivity index (χ0n) is 13.5. The number of amides is 1. The predicted molar refractivity (Wildman–Crippen MR) is 93.5 cm³/mol. The van der Waals surface area contributed by atoms with Crippen molar-refractivity contribution in [2.75, 3.05) is 13.7 Å². The Morgan fingerprint density at radius 2 is 2.08 bits per heavy atom. The lowest BCUT2D eigenvalue weighted by molar-refractivity contribution is 0.0895. The number of methoxy groups -OCH3 is 1. The first-order valence-electron chi connectivity index (χ1n) is 7.55. The van der Waals surface area contributed by atoms with Gasteiger partial charge in [0.25, 0.3) is 5.91 Å². The van der Waals surface area contributed by atoms with Gasteiger partial charge in [-0.3, -0.25) is 4.79 Å². The summed E-state index contributed by atoms with van der Waals surface area (Å²) in [5, 5.41) is 9.22. The van der Waals surface area contributed by atoms with Gasteiger partial charge in [-0.1, -0.05) is 24.3 Å². The number of nitrogens with one attached hydrogen (secondary N) is 1. The molecule has 24 heavy (non-hydrogen) atoms. The summed E-state index contributed by atoms with van der Waals surface area (Å²) in [5.74, 6) is 0.484. The van der Waals surface area contributed by atoms with Crippen LogP contribution in [0.2, 0.25) is 0 Å². The predicted octanol–water partition coefficient (Wildman–Crippen LogP) is 2.76. The number of aromatic nitrogens is 3. The largest absolute Gasteiger partial charge is 0.383 e. The van der Waals surface area contributed by atoms with E-state index in [1.165, 1.54) is 0 Å². The third kappa shape index (κ3) is 3.52. The van der Waals surface area contributed by atoms with Crippen LogP contribution in [-0.4, -0.2) is 40.4 Å². The van der Waals surface area contributed by atoms with Crippen molar-refractivity contribution in [3.8, 4) is 16.4 Å². The van der Waals surface area contributed by atoms with E-state index in [-0.39, 0.29) is 17.8 Å². The molecule has 0 saturated heterocycles. The summed E-state index contributed by atoms with van der Waals surface area (Å²) in [5.41, 5.74) is 0.859. The highest BCUT2D eigenvalue weighted by molar-refractivity contribution is 7.13. The third-order valence-electron chi connectivity index (χ3n) is 3.35. The fourth-order valence-electron chi connectivity index (χ4n) is 2.30. The Bertz CT molecular complexity index is 799. The van der Waals surface area contributed by atoms with Gasteiger partial charge in [-0.25, -0.2) is 9.67 Å². The van der Waals surface area contributed by atoms with E-state index in [4.69, 9.17) is 4.74 Å². The van der Waals surface area contributed by atoms with E-state index in [1.54, 1.807) is 23.1 Å². The summed E-state index contributed by atoms with van der Waals surface area (Å²) in [4.78, 5) is 17.8. The first-order chi connectivity index (χ1) is 11.7. The van der Waals surface area contributed by atoms with Gasteiger partial charge in [0.15, 0.2) is 5.82 Å². The van der Waals surface area contributed by atoms with Crippen LogP contribution in [0.1, 0.15) is 17.5 Å². The fraction of sp³-hybridized carbons (Fsp3) is 0.235. The first kappa shape index (κ1) is 16.4. The van der Waals surface area contributed by atoms with E-state index in [0.29, 0.717) is 12.4 Å². The van der Waals surface area contributed by atoms with Crippen molar-refractivity contribution in [2.24, 2.45) is 0 Å². The Hall–Kier alpha value is -2.51.